The van der Waals surface area contributed by atoms with Gasteiger partial charge in [-0.1, -0.05) is 12.1 Å². The minimum atomic E-state index is 0. The van der Waals surface area contributed by atoms with Gasteiger partial charge < -0.3 is 15.4 Å². The molecule has 3 rings (SSSR count). The fourth-order valence-corrected chi connectivity index (χ4v) is 3.34. The number of hydrogen-bond donors (Lipinski definition) is 2. The molecule has 4 nitrogen and oxygen atoms in total. The van der Waals surface area contributed by atoms with E-state index in [9.17, 15) is 4.79 Å². The van der Waals surface area contributed by atoms with E-state index >= 15 is 0 Å². The van der Waals surface area contributed by atoms with Crippen LogP contribution in [0.5, 0.6) is 5.75 Å². The molecule has 23 heavy (non-hydrogen) atoms. The molecule has 1 fully saturated rings. The molecule has 0 spiro atoms. The van der Waals surface area contributed by atoms with Crippen LogP contribution in [0.1, 0.15) is 36.8 Å². The lowest BCUT2D eigenvalue weighted by Gasteiger charge is -2.22. The van der Waals surface area contributed by atoms with Crippen molar-refractivity contribution in [1.29, 1.82) is 0 Å². The first-order chi connectivity index (χ1) is 10.8. The highest BCUT2D eigenvalue weighted by Gasteiger charge is 2.14. The largest absolute Gasteiger partial charge is 0.493 e. The summed E-state index contributed by atoms with van der Waals surface area (Å²) in [4.78, 5) is 11.9. The number of fused-ring (bicyclic) bond motifs is 1. The van der Waals surface area contributed by atoms with E-state index in [2.05, 4.69) is 28.8 Å². The first-order valence-electron chi connectivity index (χ1n) is 8.53. The second kappa shape index (κ2) is 9.14. The maximum atomic E-state index is 11.9. The Kier molecular flexibility index (Phi) is 7.18. The number of benzene rings is 1. The van der Waals surface area contributed by atoms with Gasteiger partial charge in [0.2, 0.25) is 5.91 Å². The summed E-state index contributed by atoms with van der Waals surface area (Å²) in [5, 5.41) is 6.42. The number of ether oxygens (including phenoxy) is 1. The lowest BCUT2D eigenvalue weighted by Crippen LogP contribution is -2.30. The molecule has 0 aliphatic carbocycles. The van der Waals surface area contributed by atoms with Gasteiger partial charge in [0, 0.05) is 19.4 Å². The Morgan fingerprint density at radius 3 is 2.96 bits per heavy atom. The Bertz CT molecular complexity index is 516. The van der Waals surface area contributed by atoms with Crippen LogP contribution in [0.2, 0.25) is 0 Å². The van der Waals surface area contributed by atoms with Gasteiger partial charge >= 0.3 is 0 Å². The number of halogens is 1. The number of amides is 1. The second-order valence-corrected chi connectivity index (χ2v) is 6.37. The van der Waals surface area contributed by atoms with E-state index in [0.29, 0.717) is 6.42 Å². The average molecular weight is 339 g/mol. The van der Waals surface area contributed by atoms with Crippen LogP contribution >= 0.6 is 12.4 Å². The van der Waals surface area contributed by atoms with Crippen molar-refractivity contribution in [3.63, 3.8) is 0 Å². The van der Waals surface area contributed by atoms with Crippen molar-refractivity contribution in [2.75, 3.05) is 26.2 Å². The van der Waals surface area contributed by atoms with Crippen LogP contribution in [0.15, 0.2) is 18.2 Å². The summed E-state index contributed by atoms with van der Waals surface area (Å²) in [7, 11) is 0. The van der Waals surface area contributed by atoms with Crippen molar-refractivity contribution >= 4 is 18.3 Å². The molecule has 0 bridgehead atoms. The van der Waals surface area contributed by atoms with E-state index in [-0.39, 0.29) is 18.3 Å². The molecular weight excluding hydrogens is 312 g/mol. The molecule has 0 saturated carbocycles. The lowest BCUT2D eigenvalue weighted by atomic mass is 9.93. The summed E-state index contributed by atoms with van der Waals surface area (Å²) in [5.41, 5.74) is 2.58. The zero-order valence-electron chi connectivity index (χ0n) is 13.6. The van der Waals surface area contributed by atoms with Crippen LogP contribution < -0.4 is 15.4 Å². The lowest BCUT2D eigenvalue weighted by molar-refractivity contribution is -0.121. The summed E-state index contributed by atoms with van der Waals surface area (Å²) in [6.45, 7) is 3.74. The van der Waals surface area contributed by atoms with Gasteiger partial charge in [-0.05, 0) is 61.9 Å². The molecule has 2 aliphatic rings. The predicted octanol–water partition coefficient (Wildman–Crippen LogP) is 2.48. The van der Waals surface area contributed by atoms with Crippen molar-refractivity contribution in [3.05, 3.63) is 29.3 Å². The Balaban J connectivity index is 0.00000192. The van der Waals surface area contributed by atoms with Crippen molar-refractivity contribution in [3.8, 4) is 5.75 Å². The highest BCUT2D eigenvalue weighted by molar-refractivity contribution is 5.85. The maximum Gasteiger partial charge on any atom is 0.220 e. The number of rotatable bonds is 6. The van der Waals surface area contributed by atoms with Crippen LogP contribution in [-0.4, -0.2) is 32.1 Å². The minimum Gasteiger partial charge on any atom is -0.493 e. The van der Waals surface area contributed by atoms with E-state index < -0.39 is 0 Å². The molecule has 1 aromatic carbocycles. The Labute approximate surface area is 144 Å². The molecule has 1 saturated heterocycles. The van der Waals surface area contributed by atoms with Gasteiger partial charge in [0.1, 0.15) is 5.75 Å². The number of piperidine rings is 1. The monoisotopic (exact) mass is 338 g/mol. The third kappa shape index (κ3) is 5.40. The van der Waals surface area contributed by atoms with Gasteiger partial charge in [-0.15, -0.1) is 12.4 Å². The van der Waals surface area contributed by atoms with E-state index in [0.717, 1.165) is 57.2 Å². The van der Waals surface area contributed by atoms with Crippen molar-refractivity contribution < 1.29 is 9.53 Å². The van der Waals surface area contributed by atoms with Crippen molar-refractivity contribution in [2.24, 2.45) is 5.92 Å². The zero-order valence-corrected chi connectivity index (χ0v) is 14.4. The summed E-state index contributed by atoms with van der Waals surface area (Å²) in [6.07, 6.45) is 6.03. The first kappa shape index (κ1) is 18.1. The molecule has 0 radical (unpaired) electrons. The molecule has 0 unspecified atom stereocenters. The topological polar surface area (TPSA) is 50.4 Å². The van der Waals surface area contributed by atoms with Gasteiger partial charge in [-0.2, -0.15) is 0 Å². The van der Waals surface area contributed by atoms with E-state index in [1.807, 2.05) is 0 Å². The number of nitrogens with one attached hydrogen (secondary N) is 2. The van der Waals surface area contributed by atoms with Crippen LogP contribution in [-0.2, 0) is 17.6 Å². The minimum absolute atomic E-state index is 0. The zero-order chi connectivity index (χ0) is 15.2. The van der Waals surface area contributed by atoms with Crippen molar-refractivity contribution in [1.82, 2.24) is 10.6 Å². The predicted molar refractivity (Wildman–Crippen MR) is 94.4 cm³/mol. The van der Waals surface area contributed by atoms with Gasteiger partial charge in [0.15, 0.2) is 0 Å². The summed E-state index contributed by atoms with van der Waals surface area (Å²) >= 11 is 0. The highest BCUT2D eigenvalue weighted by atomic mass is 35.5. The normalized spacial score (nSPS) is 17.0. The van der Waals surface area contributed by atoms with Crippen LogP contribution in [0.3, 0.4) is 0 Å². The quantitative estimate of drug-likeness (QED) is 0.837. The van der Waals surface area contributed by atoms with E-state index in [1.165, 1.54) is 24.0 Å². The standard InChI is InChI=1S/C18H26N2O2.ClH/c21-18(4-2-14-5-9-19-10-6-14)20-11-7-15-1-3-17-16(13-15)8-12-22-17;/h1,3,13-14,19H,2,4-12H2,(H,20,21);1H. The molecule has 1 amide bonds. The molecule has 2 N–H and O–H groups in total. The fraction of sp³-hybridized carbons (Fsp3) is 0.611. The SMILES string of the molecule is Cl.O=C(CCC1CCNCC1)NCCc1ccc2c(c1)CCO2. The summed E-state index contributed by atoms with van der Waals surface area (Å²) in [5.74, 6) is 1.95. The molecule has 2 heterocycles. The second-order valence-electron chi connectivity index (χ2n) is 6.37. The molecule has 2 aliphatic heterocycles. The van der Waals surface area contributed by atoms with Crippen LogP contribution in [0, 0.1) is 5.92 Å². The number of hydrogen-bond acceptors (Lipinski definition) is 3. The molecule has 0 atom stereocenters. The van der Waals surface area contributed by atoms with E-state index in [4.69, 9.17) is 4.74 Å². The molecule has 1 aromatic rings. The summed E-state index contributed by atoms with van der Waals surface area (Å²) < 4.78 is 5.51. The first-order valence-corrected chi connectivity index (χ1v) is 8.53. The Hall–Kier alpha value is -1.26. The van der Waals surface area contributed by atoms with E-state index in [1.54, 1.807) is 0 Å². The summed E-state index contributed by atoms with van der Waals surface area (Å²) in [6, 6.07) is 6.37. The van der Waals surface area contributed by atoms with Gasteiger partial charge in [0.25, 0.3) is 0 Å². The van der Waals surface area contributed by atoms with Gasteiger partial charge in [0.05, 0.1) is 6.61 Å². The number of carbonyl (C=O) groups is 1. The number of carbonyl (C=O) groups excluding carboxylic acids is 1. The molecule has 5 heteroatoms. The average Bonchev–Trinajstić information content (AvgIpc) is 3.02. The van der Waals surface area contributed by atoms with Crippen LogP contribution in [0.4, 0.5) is 0 Å². The Morgan fingerprint density at radius 2 is 2.13 bits per heavy atom. The molecule has 0 aromatic heterocycles. The van der Waals surface area contributed by atoms with Gasteiger partial charge in [-0.3, -0.25) is 4.79 Å². The fourth-order valence-electron chi connectivity index (χ4n) is 3.34. The smallest absolute Gasteiger partial charge is 0.220 e. The molecule has 128 valence electrons. The highest BCUT2D eigenvalue weighted by Crippen LogP contribution is 2.25. The van der Waals surface area contributed by atoms with Gasteiger partial charge in [-0.25, -0.2) is 0 Å². The Morgan fingerprint density at radius 1 is 1.30 bits per heavy atom. The van der Waals surface area contributed by atoms with Crippen molar-refractivity contribution in [2.45, 2.75) is 38.5 Å². The molecular formula is C18H27ClN2O2. The van der Waals surface area contributed by atoms with Crippen LogP contribution in [0.25, 0.3) is 0 Å². The third-order valence-electron chi connectivity index (χ3n) is 4.73. The maximum absolute atomic E-state index is 11.9. The third-order valence-corrected chi connectivity index (χ3v) is 4.73.